The van der Waals surface area contributed by atoms with Gasteiger partial charge in [-0.15, -0.1) is 0 Å². The summed E-state index contributed by atoms with van der Waals surface area (Å²) in [5, 5.41) is 2.70. The maximum Gasteiger partial charge on any atom is 0.340 e. The topological polar surface area (TPSA) is 92.8 Å². The van der Waals surface area contributed by atoms with Gasteiger partial charge in [-0.05, 0) is 42.3 Å². The first kappa shape index (κ1) is 17.9. The van der Waals surface area contributed by atoms with Gasteiger partial charge >= 0.3 is 5.97 Å². The van der Waals surface area contributed by atoms with Gasteiger partial charge in [0.2, 0.25) is 11.8 Å². The molecule has 1 N–H and O–H groups in total. The molecule has 0 atom stereocenters. The zero-order chi connectivity index (χ0) is 19.7. The number of carbonyl (C=O) groups excluding carboxylic acids is 4. The van der Waals surface area contributed by atoms with Crippen LogP contribution < -0.4 is 10.2 Å². The predicted molar refractivity (Wildman–Crippen MR) is 101 cm³/mol. The highest BCUT2D eigenvalue weighted by atomic mass is 16.5. The fourth-order valence-corrected chi connectivity index (χ4v) is 3.48. The Morgan fingerprint density at radius 1 is 1.11 bits per heavy atom. The van der Waals surface area contributed by atoms with E-state index in [0.29, 0.717) is 29.9 Å². The lowest BCUT2D eigenvalue weighted by Crippen LogP contribution is -2.26. The van der Waals surface area contributed by atoms with Gasteiger partial charge in [0.15, 0.2) is 12.4 Å². The molecule has 1 saturated heterocycles. The summed E-state index contributed by atoms with van der Waals surface area (Å²) in [6, 6.07) is 11.6. The molecular formula is C21H18N2O5. The average Bonchev–Trinajstić information content (AvgIpc) is 3.29. The second-order valence-corrected chi connectivity index (χ2v) is 6.76. The van der Waals surface area contributed by atoms with Crippen molar-refractivity contribution in [1.82, 2.24) is 0 Å². The van der Waals surface area contributed by atoms with Crippen molar-refractivity contribution in [3.8, 4) is 0 Å². The second-order valence-electron chi connectivity index (χ2n) is 6.76. The van der Waals surface area contributed by atoms with Crippen LogP contribution in [0.1, 0.15) is 39.1 Å². The molecule has 7 nitrogen and oxygen atoms in total. The standard InChI is InChI=1S/C21H18N2O5/c24-18(13-7-8-16-14(10-13)11-19(25)22-16)12-28-21(27)15-4-1-2-5-17(15)23-9-3-6-20(23)26/h1-2,4-5,7-8,10H,3,6,9,11-12H2,(H,22,25). The third kappa shape index (κ3) is 3.38. The summed E-state index contributed by atoms with van der Waals surface area (Å²) in [5.74, 6) is -1.15. The van der Waals surface area contributed by atoms with Crippen LogP contribution in [0.2, 0.25) is 0 Å². The zero-order valence-electron chi connectivity index (χ0n) is 15.1. The largest absolute Gasteiger partial charge is 0.454 e. The van der Waals surface area contributed by atoms with Gasteiger partial charge < -0.3 is 15.0 Å². The summed E-state index contributed by atoms with van der Waals surface area (Å²) in [7, 11) is 0. The number of fused-ring (bicyclic) bond motifs is 1. The molecule has 2 aromatic carbocycles. The molecule has 2 amide bonds. The fraction of sp³-hybridized carbons (Fsp3) is 0.238. The first-order valence-electron chi connectivity index (χ1n) is 9.05. The molecule has 0 bridgehead atoms. The van der Waals surface area contributed by atoms with Crippen LogP contribution in [-0.4, -0.2) is 36.7 Å². The molecule has 0 spiro atoms. The van der Waals surface area contributed by atoms with Gasteiger partial charge in [0.1, 0.15) is 0 Å². The molecule has 2 heterocycles. The van der Waals surface area contributed by atoms with Crippen molar-refractivity contribution in [2.45, 2.75) is 19.3 Å². The second kappa shape index (κ2) is 7.26. The van der Waals surface area contributed by atoms with Gasteiger partial charge in [0, 0.05) is 24.2 Å². The number of nitrogens with zero attached hydrogens (tertiary/aromatic N) is 1. The highest BCUT2D eigenvalue weighted by Crippen LogP contribution is 2.26. The molecule has 0 aromatic heterocycles. The number of hydrogen-bond acceptors (Lipinski definition) is 5. The lowest BCUT2D eigenvalue weighted by atomic mass is 10.1. The van der Waals surface area contributed by atoms with Gasteiger partial charge in [-0.25, -0.2) is 4.79 Å². The van der Waals surface area contributed by atoms with Crippen molar-refractivity contribution in [2.75, 3.05) is 23.4 Å². The minimum atomic E-state index is -0.651. The van der Waals surface area contributed by atoms with Crippen LogP contribution in [0.3, 0.4) is 0 Å². The minimum Gasteiger partial charge on any atom is -0.454 e. The van der Waals surface area contributed by atoms with E-state index < -0.39 is 12.6 Å². The van der Waals surface area contributed by atoms with Crippen molar-refractivity contribution in [3.05, 3.63) is 59.2 Å². The van der Waals surface area contributed by atoms with Gasteiger partial charge in [-0.3, -0.25) is 14.4 Å². The van der Waals surface area contributed by atoms with Crippen molar-refractivity contribution in [3.63, 3.8) is 0 Å². The molecule has 2 aliphatic rings. The van der Waals surface area contributed by atoms with Crippen molar-refractivity contribution >= 4 is 34.9 Å². The average molecular weight is 378 g/mol. The van der Waals surface area contributed by atoms with Crippen LogP contribution in [0.4, 0.5) is 11.4 Å². The lowest BCUT2D eigenvalue weighted by molar-refractivity contribution is -0.117. The fourth-order valence-electron chi connectivity index (χ4n) is 3.48. The van der Waals surface area contributed by atoms with Gasteiger partial charge in [-0.1, -0.05) is 12.1 Å². The summed E-state index contributed by atoms with van der Waals surface area (Å²) in [6.45, 7) is 0.144. The molecule has 4 rings (SSSR count). The zero-order valence-corrected chi connectivity index (χ0v) is 15.1. The summed E-state index contributed by atoms with van der Waals surface area (Å²) in [4.78, 5) is 49.9. The number of amides is 2. The Hall–Kier alpha value is -3.48. The van der Waals surface area contributed by atoms with E-state index in [2.05, 4.69) is 5.32 Å². The summed E-state index contributed by atoms with van der Waals surface area (Å²) >= 11 is 0. The number of carbonyl (C=O) groups is 4. The highest BCUT2D eigenvalue weighted by molar-refractivity contribution is 6.05. The number of esters is 1. The third-order valence-electron chi connectivity index (χ3n) is 4.87. The molecule has 0 unspecified atom stereocenters. The molecule has 2 aromatic rings. The van der Waals surface area contributed by atoms with Crippen LogP contribution in [0.5, 0.6) is 0 Å². The Kier molecular flexibility index (Phi) is 4.65. The Morgan fingerprint density at radius 2 is 1.93 bits per heavy atom. The molecule has 7 heteroatoms. The number of ketones is 1. The molecule has 2 aliphatic heterocycles. The number of nitrogens with one attached hydrogen (secondary N) is 1. The van der Waals surface area contributed by atoms with Gasteiger partial charge in [0.05, 0.1) is 17.7 Å². The SMILES string of the molecule is O=C1Cc2cc(C(=O)COC(=O)c3ccccc3N3CCCC3=O)ccc2N1. The maximum absolute atomic E-state index is 12.5. The summed E-state index contributed by atoms with van der Waals surface area (Å²) in [6.07, 6.45) is 1.43. The maximum atomic E-state index is 12.5. The molecule has 1 fully saturated rings. The minimum absolute atomic E-state index is 0.0300. The van der Waals surface area contributed by atoms with E-state index >= 15 is 0 Å². The van der Waals surface area contributed by atoms with Gasteiger partial charge in [-0.2, -0.15) is 0 Å². The van der Waals surface area contributed by atoms with E-state index in [0.717, 1.165) is 12.0 Å². The molecule has 0 radical (unpaired) electrons. The van der Waals surface area contributed by atoms with Crippen molar-refractivity contribution < 1.29 is 23.9 Å². The van der Waals surface area contributed by atoms with E-state index in [1.807, 2.05) is 0 Å². The third-order valence-corrected chi connectivity index (χ3v) is 4.87. The quantitative estimate of drug-likeness (QED) is 0.637. The van der Waals surface area contributed by atoms with Crippen LogP contribution in [0, 0.1) is 0 Å². The van der Waals surface area contributed by atoms with E-state index in [1.165, 1.54) is 0 Å². The number of benzene rings is 2. The number of rotatable bonds is 5. The van der Waals surface area contributed by atoms with E-state index in [4.69, 9.17) is 4.74 Å². The van der Waals surface area contributed by atoms with Crippen LogP contribution in [-0.2, 0) is 20.7 Å². The number of Topliss-reactive ketones (excluding diaryl/α,β-unsaturated/α-hetero) is 1. The van der Waals surface area contributed by atoms with Crippen molar-refractivity contribution in [1.29, 1.82) is 0 Å². The first-order valence-corrected chi connectivity index (χ1v) is 9.05. The smallest absolute Gasteiger partial charge is 0.340 e. The van der Waals surface area contributed by atoms with Crippen LogP contribution in [0.15, 0.2) is 42.5 Å². The number of ether oxygens (including phenoxy) is 1. The van der Waals surface area contributed by atoms with E-state index in [9.17, 15) is 19.2 Å². The van der Waals surface area contributed by atoms with E-state index in [1.54, 1.807) is 47.4 Å². The van der Waals surface area contributed by atoms with Gasteiger partial charge in [0.25, 0.3) is 0 Å². The summed E-state index contributed by atoms with van der Waals surface area (Å²) in [5.41, 5.74) is 2.59. The highest BCUT2D eigenvalue weighted by Gasteiger charge is 2.26. The van der Waals surface area contributed by atoms with E-state index in [-0.39, 0.29) is 29.6 Å². The molecular weight excluding hydrogens is 360 g/mol. The van der Waals surface area contributed by atoms with Crippen LogP contribution >= 0.6 is 0 Å². The number of para-hydroxylation sites is 1. The Bertz CT molecular complexity index is 998. The number of anilines is 2. The molecule has 28 heavy (non-hydrogen) atoms. The predicted octanol–water partition coefficient (Wildman–Crippen LogP) is 2.35. The number of hydrogen-bond donors (Lipinski definition) is 1. The Balaban J connectivity index is 1.45. The normalized spacial score (nSPS) is 15.4. The molecule has 0 aliphatic carbocycles. The molecule has 0 saturated carbocycles. The van der Waals surface area contributed by atoms with Crippen molar-refractivity contribution in [2.24, 2.45) is 0 Å². The first-order chi connectivity index (χ1) is 13.5. The lowest BCUT2D eigenvalue weighted by Gasteiger charge is -2.18. The molecule has 142 valence electrons. The Morgan fingerprint density at radius 3 is 2.71 bits per heavy atom. The van der Waals surface area contributed by atoms with Crippen LogP contribution in [0.25, 0.3) is 0 Å². The Labute approximate surface area is 161 Å². The summed E-state index contributed by atoms with van der Waals surface area (Å²) < 4.78 is 5.21. The monoisotopic (exact) mass is 378 g/mol.